The number of hydrogen-bond acceptors (Lipinski definition) is 0. The second-order valence-corrected chi connectivity index (χ2v) is 0. The SMILES string of the molecule is P.[B][CH2-].[W].[Y]. The molecular formula is CH5BPWY-. The van der Waals surface area contributed by atoms with Gasteiger partial charge in [0.15, 0.2) is 0 Å². The third-order valence-electron chi connectivity index (χ3n) is 0. The molecule has 0 saturated carbocycles. The molecule has 0 nitrogen and oxygen atoms in total. The second-order valence-electron chi connectivity index (χ2n) is 0. The van der Waals surface area contributed by atoms with Crippen molar-refractivity contribution in [2.45, 2.75) is 0 Å². The van der Waals surface area contributed by atoms with Gasteiger partial charge in [0.1, 0.15) is 0 Å². The summed E-state index contributed by atoms with van der Waals surface area (Å²) in [7, 11) is 4.25. The van der Waals surface area contributed by atoms with Crippen LogP contribution in [0.3, 0.4) is 0 Å². The predicted molar refractivity (Wildman–Crippen MR) is 22.2 cm³/mol. The number of rotatable bonds is 0. The Labute approximate surface area is 77.4 Å². The van der Waals surface area contributed by atoms with Gasteiger partial charge in [0, 0.05) is 53.8 Å². The normalized spacial score (nSPS) is 1.00. The van der Waals surface area contributed by atoms with Crippen LogP contribution < -0.4 is 0 Å². The van der Waals surface area contributed by atoms with Crippen molar-refractivity contribution in [3.63, 3.8) is 0 Å². The van der Waals surface area contributed by atoms with E-state index in [1.807, 2.05) is 0 Å². The van der Waals surface area contributed by atoms with Crippen LogP contribution in [0.5, 0.6) is 0 Å². The summed E-state index contributed by atoms with van der Waals surface area (Å²) in [5.74, 6) is 0. The Bertz CT molecular complexity index is 11.6. The Morgan fingerprint density at radius 2 is 1.20 bits per heavy atom. The zero-order chi connectivity index (χ0) is 2.00. The molecule has 0 aromatic carbocycles. The van der Waals surface area contributed by atoms with Crippen molar-refractivity contribution >= 4 is 17.7 Å². The Hall–Kier alpha value is 2.29. The maximum absolute atomic E-state index is 4.25. The molecule has 0 N–H and O–H groups in total. The van der Waals surface area contributed by atoms with Crippen molar-refractivity contribution < 1.29 is 53.8 Å². The van der Waals surface area contributed by atoms with Gasteiger partial charge in [-0.1, -0.05) is 0 Å². The summed E-state index contributed by atoms with van der Waals surface area (Å²) in [6, 6.07) is 0. The van der Waals surface area contributed by atoms with Crippen LogP contribution in [0.1, 0.15) is 0 Å². The zero-order valence-corrected chi connectivity index (χ0v) is 10.2. The van der Waals surface area contributed by atoms with E-state index in [4.69, 9.17) is 0 Å². The van der Waals surface area contributed by atoms with E-state index in [1.165, 1.54) is 0 Å². The molecule has 0 bridgehead atoms. The quantitative estimate of drug-likeness (QED) is 0.333. The van der Waals surface area contributed by atoms with Crippen molar-refractivity contribution in [1.29, 1.82) is 0 Å². The molecule has 4 heteroatoms. The van der Waals surface area contributed by atoms with Crippen LogP contribution >= 0.6 is 9.90 Å². The fourth-order valence-electron chi connectivity index (χ4n) is 0. The topological polar surface area (TPSA) is 0 Å². The first-order chi connectivity index (χ1) is 1.00. The summed E-state index contributed by atoms with van der Waals surface area (Å²) in [5.41, 5.74) is 0. The smallest absolute Gasteiger partial charge is 0 e. The maximum Gasteiger partial charge on any atom is 0 e. The molecular weight excluding hydrogens is 327 g/mol. The molecule has 1 unspecified atom stereocenters. The zero-order valence-electron chi connectivity index (χ0n) is 2.98. The molecule has 5 heavy (non-hydrogen) atoms. The first-order valence-corrected chi connectivity index (χ1v) is 0.408. The van der Waals surface area contributed by atoms with Gasteiger partial charge in [-0.15, -0.1) is 0 Å². The van der Waals surface area contributed by atoms with E-state index in [0.717, 1.165) is 0 Å². The fraction of sp³-hybridized carbons (Fsp3) is 0. The van der Waals surface area contributed by atoms with Crippen molar-refractivity contribution in [2.75, 3.05) is 0 Å². The molecule has 27 valence electrons. The fourth-order valence-corrected chi connectivity index (χ4v) is 0. The van der Waals surface area contributed by atoms with Gasteiger partial charge in [-0.05, 0) is 0 Å². The summed E-state index contributed by atoms with van der Waals surface area (Å²) in [5, 5.41) is 0. The van der Waals surface area contributed by atoms with E-state index < -0.39 is 0 Å². The summed E-state index contributed by atoms with van der Waals surface area (Å²) in [4.78, 5) is 0. The molecule has 0 amide bonds. The van der Waals surface area contributed by atoms with Crippen molar-refractivity contribution in [2.24, 2.45) is 0 Å². The molecule has 0 aromatic rings. The van der Waals surface area contributed by atoms with E-state index in [9.17, 15) is 0 Å². The minimum atomic E-state index is 0. The maximum atomic E-state index is 4.25. The molecule has 0 heterocycles. The van der Waals surface area contributed by atoms with E-state index >= 15 is 0 Å². The van der Waals surface area contributed by atoms with Crippen LogP contribution in [0.4, 0.5) is 0 Å². The predicted octanol–water partition coefficient (Wildman–Crippen LogP) is -0.000410. The molecule has 0 spiro atoms. The summed E-state index contributed by atoms with van der Waals surface area (Å²) in [6.45, 7) is 2.75. The van der Waals surface area contributed by atoms with Crippen LogP contribution in [0, 0.1) is 6.82 Å². The molecule has 0 fully saturated rings. The van der Waals surface area contributed by atoms with Crippen LogP contribution in [0.15, 0.2) is 0 Å². The van der Waals surface area contributed by atoms with Crippen LogP contribution in [0.2, 0.25) is 0 Å². The molecule has 0 saturated heterocycles. The Morgan fingerprint density at radius 3 is 1.20 bits per heavy atom. The third kappa shape index (κ3) is 22.1. The van der Waals surface area contributed by atoms with Gasteiger partial charge in [-0.2, -0.15) is 17.7 Å². The van der Waals surface area contributed by atoms with E-state index in [0.29, 0.717) is 0 Å². The Kier molecular flexibility index (Phi) is 179. The average molecular weight is 332 g/mol. The van der Waals surface area contributed by atoms with Gasteiger partial charge < -0.3 is 6.82 Å². The Morgan fingerprint density at radius 1 is 1.20 bits per heavy atom. The Balaban J connectivity index is -0.00000000167. The number of hydrogen-bond donors (Lipinski definition) is 0. The molecule has 0 rings (SSSR count). The van der Waals surface area contributed by atoms with Crippen LogP contribution in [0.25, 0.3) is 0 Å². The van der Waals surface area contributed by atoms with Crippen molar-refractivity contribution in [1.82, 2.24) is 0 Å². The minimum Gasteiger partial charge on any atom is -0.382 e. The summed E-state index contributed by atoms with van der Waals surface area (Å²) in [6.07, 6.45) is 0. The van der Waals surface area contributed by atoms with Gasteiger partial charge in [-0.25, -0.2) is 0 Å². The van der Waals surface area contributed by atoms with Gasteiger partial charge in [-0.3, -0.25) is 0 Å². The first kappa shape index (κ1) is 26.7. The first-order valence-electron chi connectivity index (χ1n) is 0.408. The summed E-state index contributed by atoms with van der Waals surface area (Å²) >= 11 is 0. The molecule has 0 aromatic heterocycles. The molecule has 3 radical (unpaired) electrons. The van der Waals surface area contributed by atoms with E-state index in [2.05, 4.69) is 14.7 Å². The van der Waals surface area contributed by atoms with Crippen molar-refractivity contribution in [3.8, 4) is 0 Å². The van der Waals surface area contributed by atoms with Gasteiger partial charge in [0.2, 0.25) is 0 Å². The van der Waals surface area contributed by atoms with Gasteiger partial charge >= 0.3 is 0 Å². The van der Waals surface area contributed by atoms with Gasteiger partial charge in [0.05, 0.1) is 0 Å². The second kappa shape index (κ2) is 33.6. The van der Waals surface area contributed by atoms with Crippen molar-refractivity contribution in [3.05, 3.63) is 6.82 Å². The third-order valence-corrected chi connectivity index (χ3v) is 0. The van der Waals surface area contributed by atoms with Crippen LogP contribution in [-0.2, 0) is 53.8 Å². The van der Waals surface area contributed by atoms with E-state index in [-0.39, 0.29) is 63.7 Å². The molecule has 0 aliphatic heterocycles. The largest absolute Gasteiger partial charge is 0.382 e. The molecule has 1 atom stereocenters. The van der Waals surface area contributed by atoms with Crippen LogP contribution in [-0.4, -0.2) is 7.85 Å². The average Bonchev–Trinajstić information content (AvgIpc) is 1.00. The monoisotopic (exact) mass is 332 g/mol. The molecule has 0 aliphatic rings. The standard InChI is InChI=1S/CH2B.H3P.W.Y/c1-2;;;/h1H2;1H3;;/q-1;;;. The summed E-state index contributed by atoms with van der Waals surface area (Å²) < 4.78 is 0. The molecule has 0 aliphatic carbocycles. The van der Waals surface area contributed by atoms with E-state index in [1.54, 1.807) is 0 Å². The minimum absolute atomic E-state index is 0. The van der Waals surface area contributed by atoms with Gasteiger partial charge in [0.25, 0.3) is 0 Å².